The number of nitrogens with one attached hydrogen (secondary N) is 1. The van der Waals surface area contributed by atoms with E-state index in [1.54, 1.807) is 0 Å². The van der Waals surface area contributed by atoms with Crippen LogP contribution in [0.15, 0.2) is 6.07 Å². The number of rotatable bonds is 5. The zero-order valence-corrected chi connectivity index (χ0v) is 11.4. The highest BCUT2D eigenvalue weighted by Crippen LogP contribution is 2.26. The first-order chi connectivity index (χ1) is 9.11. The summed E-state index contributed by atoms with van der Waals surface area (Å²) in [7, 11) is 0. The Morgan fingerprint density at radius 1 is 1.15 bits per heavy atom. The fourth-order valence-corrected chi connectivity index (χ4v) is 1.34. The van der Waals surface area contributed by atoms with Crippen LogP contribution in [-0.2, 0) is 0 Å². The van der Waals surface area contributed by atoms with Crippen molar-refractivity contribution in [3.05, 3.63) is 29.3 Å². The van der Waals surface area contributed by atoms with Crippen LogP contribution < -0.4 is 10.1 Å². The molecule has 1 aromatic rings. The summed E-state index contributed by atoms with van der Waals surface area (Å²) in [5.74, 6) is -7.53. The Morgan fingerprint density at radius 3 is 2.10 bits per heavy atom. The van der Waals surface area contributed by atoms with Crippen molar-refractivity contribution in [1.29, 1.82) is 0 Å². The molecule has 0 saturated heterocycles. The van der Waals surface area contributed by atoms with E-state index >= 15 is 0 Å². The number of benzene rings is 1. The summed E-state index contributed by atoms with van der Waals surface area (Å²) in [4.78, 5) is 0. The van der Waals surface area contributed by atoms with Crippen LogP contribution in [0.2, 0.25) is 0 Å². The molecule has 114 valence electrons. The zero-order chi connectivity index (χ0) is 15.5. The maximum absolute atomic E-state index is 13.3. The van der Waals surface area contributed by atoms with Crippen LogP contribution in [0, 0.1) is 23.3 Å². The lowest BCUT2D eigenvalue weighted by molar-refractivity contribution is 0.0946. The summed E-state index contributed by atoms with van der Waals surface area (Å²) in [6.07, 6.45) is -1.08. The third-order valence-electron chi connectivity index (χ3n) is 2.36. The Morgan fingerprint density at radius 2 is 1.65 bits per heavy atom. The molecule has 0 saturated carbocycles. The van der Waals surface area contributed by atoms with Gasteiger partial charge in [0, 0.05) is 18.2 Å². The highest BCUT2D eigenvalue weighted by atomic mass is 19.2. The smallest absolute Gasteiger partial charge is 0.203 e. The summed E-state index contributed by atoms with van der Waals surface area (Å²) in [6, 6.07) is 0.0924. The van der Waals surface area contributed by atoms with E-state index in [-0.39, 0.29) is 18.2 Å². The maximum Gasteiger partial charge on any atom is 0.203 e. The van der Waals surface area contributed by atoms with Gasteiger partial charge in [0.05, 0.1) is 0 Å². The minimum absolute atomic E-state index is 0.0924. The van der Waals surface area contributed by atoms with Gasteiger partial charge in [-0.1, -0.05) is 0 Å². The molecule has 7 heteroatoms. The number of halogens is 4. The van der Waals surface area contributed by atoms with Gasteiger partial charge in [-0.2, -0.15) is 8.78 Å². The van der Waals surface area contributed by atoms with Gasteiger partial charge < -0.3 is 15.2 Å². The fourth-order valence-electron chi connectivity index (χ4n) is 1.34. The molecule has 0 aliphatic heterocycles. The predicted octanol–water partition coefficient (Wildman–Crippen LogP) is 2.37. The number of aliphatic hydroxyl groups is 1. The number of ether oxygens (including phenoxy) is 1. The number of aliphatic hydroxyl groups excluding tert-OH is 1. The third kappa shape index (κ3) is 4.64. The van der Waals surface area contributed by atoms with Gasteiger partial charge in [-0.05, 0) is 20.8 Å². The Labute approximate surface area is 114 Å². The normalized spacial score (nSPS) is 13.4. The number of hydrogen-bond donors (Lipinski definition) is 2. The average Bonchev–Trinajstić information content (AvgIpc) is 2.33. The van der Waals surface area contributed by atoms with Crippen molar-refractivity contribution < 1.29 is 27.4 Å². The van der Waals surface area contributed by atoms with Gasteiger partial charge in [0.15, 0.2) is 17.4 Å². The van der Waals surface area contributed by atoms with Gasteiger partial charge in [0.1, 0.15) is 12.7 Å². The highest BCUT2D eigenvalue weighted by Gasteiger charge is 2.21. The molecule has 1 aromatic carbocycles. The van der Waals surface area contributed by atoms with Gasteiger partial charge in [0.25, 0.3) is 0 Å². The molecule has 0 bridgehead atoms. The van der Waals surface area contributed by atoms with Crippen molar-refractivity contribution in [2.75, 3.05) is 13.2 Å². The van der Waals surface area contributed by atoms with Gasteiger partial charge >= 0.3 is 0 Å². The summed E-state index contributed by atoms with van der Waals surface area (Å²) < 4.78 is 57.0. The summed E-state index contributed by atoms with van der Waals surface area (Å²) >= 11 is 0. The van der Waals surface area contributed by atoms with Crippen molar-refractivity contribution in [2.45, 2.75) is 32.4 Å². The molecule has 20 heavy (non-hydrogen) atoms. The molecule has 0 amide bonds. The first-order valence-corrected chi connectivity index (χ1v) is 6.00. The molecule has 0 aromatic heterocycles. The van der Waals surface area contributed by atoms with Crippen LogP contribution in [0.1, 0.15) is 20.8 Å². The lowest BCUT2D eigenvalue weighted by Gasteiger charge is -2.23. The van der Waals surface area contributed by atoms with E-state index in [0.717, 1.165) is 0 Å². The van der Waals surface area contributed by atoms with E-state index in [4.69, 9.17) is 0 Å². The molecule has 1 unspecified atom stereocenters. The van der Waals surface area contributed by atoms with Crippen LogP contribution in [0.5, 0.6) is 5.75 Å². The Hall–Kier alpha value is -1.34. The molecule has 0 fully saturated rings. The number of β-amino-alcohol motifs (C(OH)–C–C–N with tert-alkyl or cyclic N) is 1. The van der Waals surface area contributed by atoms with Crippen molar-refractivity contribution in [3.8, 4) is 5.75 Å². The molecular formula is C13H17F4NO2. The molecule has 0 aliphatic carbocycles. The van der Waals surface area contributed by atoms with Crippen molar-refractivity contribution in [1.82, 2.24) is 5.32 Å². The Bertz CT molecular complexity index is 448. The molecule has 0 spiro atoms. The van der Waals surface area contributed by atoms with E-state index in [1.165, 1.54) is 0 Å². The number of hydrogen-bond acceptors (Lipinski definition) is 3. The first-order valence-electron chi connectivity index (χ1n) is 6.00. The van der Waals surface area contributed by atoms with Crippen LogP contribution in [0.3, 0.4) is 0 Å². The van der Waals surface area contributed by atoms with E-state index in [1.807, 2.05) is 20.8 Å². The molecular weight excluding hydrogens is 278 g/mol. The molecule has 1 rings (SSSR count). The molecule has 0 aliphatic rings. The topological polar surface area (TPSA) is 41.5 Å². The van der Waals surface area contributed by atoms with Crippen molar-refractivity contribution >= 4 is 0 Å². The lowest BCUT2D eigenvalue weighted by atomic mass is 10.1. The van der Waals surface area contributed by atoms with Gasteiger partial charge in [-0.3, -0.25) is 0 Å². The van der Waals surface area contributed by atoms with E-state index in [2.05, 4.69) is 10.1 Å². The van der Waals surface area contributed by atoms with Crippen LogP contribution in [0.25, 0.3) is 0 Å². The highest BCUT2D eigenvalue weighted by molar-refractivity contribution is 5.28. The molecule has 0 radical (unpaired) electrons. The van der Waals surface area contributed by atoms with Gasteiger partial charge in [-0.15, -0.1) is 0 Å². The predicted molar refractivity (Wildman–Crippen MR) is 65.5 cm³/mol. The van der Waals surface area contributed by atoms with Gasteiger partial charge in [-0.25, -0.2) is 8.78 Å². The van der Waals surface area contributed by atoms with Crippen LogP contribution >= 0.6 is 0 Å². The molecule has 1 atom stereocenters. The summed E-state index contributed by atoms with van der Waals surface area (Å²) in [5.41, 5.74) is -0.261. The SMILES string of the molecule is CC(C)(C)NCC(O)COc1c(F)c(F)cc(F)c1F. The summed E-state index contributed by atoms with van der Waals surface area (Å²) in [5, 5.41) is 12.5. The lowest BCUT2D eigenvalue weighted by Crippen LogP contribution is -2.42. The average molecular weight is 295 g/mol. The molecule has 0 heterocycles. The minimum atomic E-state index is -1.63. The quantitative estimate of drug-likeness (QED) is 0.647. The van der Waals surface area contributed by atoms with Crippen LogP contribution in [0.4, 0.5) is 17.6 Å². The standard InChI is InChI=1S/C13H17F4NO2/c1-13(2,3)18-5-7(19)6-20-12-10(16)8(14)4-9(15)11(12)17/h4,7,18-19H,5-6H2,1-3H3. The molecule has 2 N–H and O–H groups in total. The zero-order valence-electron chi connectivity index (χ0n) is 11.4. The van der Waals surface area contributed by atoms with Crippen LogP contribution in [-0.4, -0.2) is 29.9 Å². The largest absolute Gasteiger partial charge is 0.485 e. The Balaban J connectivity index is 2.66. The van der Waals surface area contributed by atoms with Gasteiger partial charge in [0.2, 0.25) is 11.6 Å². The second kappa shape index (κ2) is 6.41. The maximum atomic E-state index is 13.3. The van der Waals surface area contributed by atoms with E-state index in [9.17, 15) is 22.7 Å². The summed E-state index contributed by atoms with van der Waals surface area (Å²) in [6.45, 7) is 5.19. The van der Waals surface area contributed by atoms with E-state index in [0.29, 0.717) is 0 Å². The monoisotopic (exact) mass is 295 g/mol. The second-order valence-electron chi connectivity index (χ2n) is 5.39. The van der Waals surface area contributed by atoms with E-state index < -0.39 is 41.7 Å². The first kappa shape index (κ1) is 16.7. The fraction of sp³-hybridized carbons (Fsp3) is 0.538. The minimum Gasteiger partial charge on any atom is -0.485 e. The van der Waals surface area contributed by atoms with Crippen molar-refractivity contribution in [2.24, 2.45) is 0 Å². The molecule has 3 nitrogen and oxygen atoms in total. The Kier molecular flexibility index (Phi) is 5.35. The van der Waals surface area contributed by atoms with Crippen molar-refractivity contribution in [3.63, 3.8) is 0 Å². The third-order valence-corrected chi connectivity index (χ3v) is 2.36. The second-order valence-corrected chi connectivity index (χ2v) is 5.39.